The van der Waals surface area contributed by atoms with Crippen molar-refractivity contribution in [2.45, 2.75) is 39.5 Å². The van der Waals surface area contributed by atoms with Crippen LogP contribution in [0.2, 0.25) is 0 Å². The highest BCUT2D eigenvalue weighted by Crippen LogP contribution is 2.30. The Balaban J connectivity index is 0.000000172. The number of nitrogens with one attached hydrogen (secondary N) is 2. The zero-order valence-electron chi connectivity index (χ0n) is 30.2. The Morgan fingerprint density at radius 3 is 1.75 bits per heavy atom. The average molecular weight is 753 g/mol. The third kappa shape index (κ3) is 8.23. The molecule has 4 aromatic heterocycles. The molecule has 0 fully saturated rings. The van der Waals surface area contributed by atoms with Gasteiger partial charge in [0.15, 0.2) is 23.3 Å². The number of carbonyl (C=O) groups is 2. The van der Waals surface area contributed by atoms with E-state index in [1.165, 1.54) is 18.3 Å². The Kier molecular flexibility index (Phi) is 10.5. The molecule has 0 unspecified atom stereocenters. The predicted molar refractivity (Wildman–Crippen MR) is 206 cm³/mol. The number of aromatic nitrogens is 10. The van der Waals surface area contributed by atoms with Crippen molar-refractivity contribution in [3.63, 3.8) is 0 Å². The number of fused-ring (bicyclic) bond motifs is 2. The Labute approximate surface area is 317 Å². The summed E-state index contributed by atoms with van der Waals surface area (Å²) in [5.41, 5.74) is 18.4. The summed E-state index contributed by atoms with van der Waals surface area (Å²) in [7, 11) is 0. The van der Waals surface area contributed by atoms with E-state index >= 15 is 0 Å². The molecular weight excluding hydrogens is 719 g/mol. The normalized spacial score (nSPS) is 11.1. The van der Waals surface area contributed by atoms with Crippen molar-refractivity contribution in [3.8, 4) is 22.6 Å². The second-order valence-electron chi connectivity index (χ2n) is 13.2. The van der Waals surface area contributed by atoms with Gasteiger partial charge in [-0.2, -0.15) is 15.3 Å². The molecule has 0 aliphatic heterocycles. The minimum absolute atomic E-state index is 0.00179. The third-order valence-electron chi connectivity index (χ3n) is 8.88. The lowest BCUT2D eigenvalue weighted by Gasteiger charge is -2.05. The van der Waals surface area contributed by atoms with Crippen LogP contribution in [-0.4, -0.2) is 62.3 Å². The summed E-state index contributed by atoms with van der Waals surface area (Å²) in [4.78, 5) is 33.1. The Bertz CT molecular complexity index is 2530. The highest BCUT2D eigenvalue weighted by Gasteiger charge is 2.16. The van der Waals surface area contributed by atoms with Crippen LogP contribution in [0.4, 0.5) is 20.4 Å². The SMILES string of the molecule is Cc1ccc(F)c(CC(=O)Cc2cnc(-c3cccc4[nH]nc(N)c34)nn2)c1.Cc1ccc(F)c(CC(=O)Cc2ncc(-c3cccc4[nH]nc(N)c34)nn2)c1. The number of nitrogens with two attached hydrogens (primary N) is 2. The van der Waals surface area contributed by atoms with Gasteiger partial charge in [0.2, 0.25) is 0 Å². The summed E-state index contributed by atoms with van der Waals surface area (Å²) in [6.45, 7) is 3.71. The Morgan fingerprint density at radius 1 is 0.625 bits per heavy atom. The van der Waals surface area contributed by atoms with Crippen molar-refractivity contribution < 1.29 is 18.4 Å². The highest BCUT2D eigenvalue weighted by molar-refractivity contribution is 6.01. The molecule has 0 saturated heterocycles. The average Bonchev–Trinajstić information content (AvgIpc) is 3.77. The number of benzene rings is 4. The van der Waals surface area contributed by atoms with Crippen molar-refractivity contribution in [2.75, 3.05) is 11.5 Å². The summed E-state index contributed by atoms with van der Waals surface area (Å²) in [5.74, 6) is 0.285. The number of hydrogen-bond donors (Lipinski definition) is 4. The van der Waals surface area contributed by atoms with Gasteiger partial charge in [-0.1, -0.05) is 59.7 Å². The summed E-state index contributed by atoms with van der Waals surface area (Å²) >= 11 is 0. The molecule has 0 radical (unpaired) electrons. The van der Waals surface area contributed by atoms with Gasteiger partial charge in [0, 0.05) is 24.0 Å². The fourth-order valence-corrected chi connectivity index (χ4v) is 6.21. The Hall–Kier alpha value is -7.36. The van der Waals surface area contributed by atoms with E-state index in [4.69, 9.17) is 11.5 Å². The van der Waals surface area contributed by atoms with Gasteiger partial charge in [0.05, 0.1) is 52.7 Å². The molecule has 0 bridgehead atoms. The standard InChI is InChI=1S/2C20H17FN6O/c1-11-5-6-16(21)12(7-11)8-14(28)9-13-10-23-20(27-24-13)15-3-2-4-17-18(15)19(22)26-25-17;1-11-5-6-15(21)12(7-11)8-13(28)9-18-23-10-17(25-26-18)14-3-2-4-16-19(14)20(22)27-24-16/h2-7,10H,8-9H2,1H3,(H3,22,25,26);2-7,10H,8-9H2,1H3,(H3,22,24,27). The molecule has 0 saturated carbocycles. The molecule has 0 spiro atoms. The molecule has 6 N–H and O–H groups in total. The molecule has 0 atom stereocenters. The molecule has 280 valence electrons. The second kappa shape index (κ2) is 15.9. The molecular formula is C40H34F2N12O2. The molecule has 4 aromatic carbocycles. The number of H-pyrrole nitrogens is 2. The van der Waals surface area contributed by atoms with E-state index < -0.39 is 0 Å². The van der Waals surface area contributed by atoms with E-state index in [1.54, 1.807) is 30.5 Å². The van der Waals surface area contributed by atoms with Crippen molar-refractivity contribution in [1.29, 1.82) is 0 Å². The molecule has 4 heterocycles. The first-order valence-electron chi connectivity index (χ1n) is 17.4. The van der Waals surface area contributed by atoms with Crippen molar-refractivity contribution in [3.05, 3.63) is 131 Å². The number of nitrogen functional groups attached to an aromatic ring is 2. The number of aromatic amines is 2. The zero-order chi connectivity index (χ0) is 39.3. The van der Waals surface area contributed by atoms with Crippen LogP contribution in [0.15, 0.2) is 85.2 Å². The van der Waals surface area contributed by atoms with Crippen LogP contribution in [-0.2, 0) is 35.3 Å². The lowest BCUT2D eigenvalue weighted by Crippen LogP contribution is -2.11. The van der Waals surface area contributed by atoms with Gasteiger partial charge in [-0.3, -0.25) is 19.8 Å². The van der Waals surface area contributed by atoms with Crippen LogP contribution < -0.4 is 11.5 Å². The number of anilines is 2. The van der Waals surface area contributed by atoms with Crippen molar-refractivity contribution >= 4 is 45.0 Å². The lowest BCUT2D eigenvalue weighted by atomic mass is 10.0. The first kappa shape index (κ1) is 37.0. The van der Waals surface area contributed by atoms with Crippen molar-refractivity contribution in [2.24, 2.45) is 0 Å². The number of aryl methyl sites for hydroxylation is 2. The highest BCUT2D eigenvalue weighted by atomic mass is 19.1. The number of hydrogen-bond acceptors (Lipinski definition) is 12. The fourth-order valence-electron chi connectivity index (χ4n) is 6.21. The predicted octanol–water partition coefficient (Wildman–Crippen LogP) is 5.60. The second-order valence-corrected chi connectivity index (χ2v) is 13.2. The van der Waals surface area contributed by atoms with Gasteiger partial charge in [-0.05, 0) is 49.2 Å². The summed E-state index contributed by atoms with van der Waals surface area (Å²) in [5, 5.41) is 31.6. The van der Waals surface area contributed by atoms with Crippen LogP contribution in [0.3, 0.4) is 0 Å². The molecule has 8 aromatic rings. The number of rotatable bonds is 10. The fraction of sp³-hybridized carbons (Fsp3) is 0.150. The largest absolute Gasteiger partial charge is 0.382 e. The van der Waals surface area contributed by atoms with Gasteiger partial charge in [0.1, 0.15) is 28.9 Å². The van der Waals surface area contributed by atoms with Crippen LogP contribution in [0, 0.1) is 25.5 Å². The summed E-state index contributed by atoms with van der Waals surface area (Å²) in [6.07, 6.45) is 3.06. The van der Waals surface area contributed by atoms with E-state index in [0.29, 0.717) is 45.5 Å². The van der Waals surface area contributed by atoms with Gasteiger partial charge in [-0.25, -0.2) is 18.7 Å². The van der Waals surface area contributed by atoms with Crippen LogP contribution in [0.5, 0.6) is 0 Å². The zero-order valence-corrected chi connectivity index (χ0v) is 30.2. The lowest BCUT2D eigenvalue weighted by molar-refractivity contribution is -0.118. The van der Waals surface area contributed by atoms with E-state index in [2.05, 4.69) is 50.8 Å². The van der Waals surface area contributed by atoms with Gasteiger partial charge in [-0.15, -0.1) is 15.3 Å². The van der Waals surface area contributed by atoms with Gasteiger partial charge >= 0.3 is 0 Å². The minimum atomic E-state index is -0.390. The molecule has 8 rings (SSSR count). The maximum Gasteiger partial charge on any atom is 0.182 e. The van der Waals surface area contributed by atoms with E-state index in [-0.39, 0.29) is 54.7 Å². The number of halogens is 2. The summed E-state index contributed by atoms with van der Waals surface area (Å²) in [6, 6.07) is 20.5. The van der Waals surface area contributed by atoms with Crippen LogP contribution in [0.25, 0.3) is 44.5 Å². The van der Waals surface area contributed by atoms with Crippen LogP contribution in [0.1, 0.15) is 33.8 Å². The molecule has 56 heavy (non-hydrogen) atoms. The number of Topliss-reactive ketones (excluding diaryl/α,β-unsaturated/α-hetero) is 2. The Morgan fingerprint density at radius 2 is 1.20 bits per heavy atom. The first-order valence-corrected chi connectivity index (χ1v) is 17.4. The minimum Gasteiger partial charge on any atom is -0.382 e. The number of nitrogens with zero attached hydrogens (tertiary/aromatic N) is 8. The van der Waals surface area contributed by atoms with Gasteiger partial charge in [0.25, 0.3) is 0 Å². The first-order chi connectivity index (χ1) is 27.0. The van der Waals surface area contributed by atoms with Crippen LogP contribution >= 0.6 is 0 Å². The quantitative estimate of drug-likeness (QED) is 0.134. The molecule has 0 amide bonds. The van der Waals surface area contributed by atoms with E-state index in [1.807, 2.05) is 50.2 Å². The smallest absolute Gasteiger partial charge is 0.182 e. The van der Waals surface area contributed by atoms with E-state index in [0.717, 1.165) is 38.5 Å². The number of carbonyl (C=O) groups excluding carboxylic acids is 2. The summed E-state index contributed by atoms with van der Waals surface area (Å²) < 4.78 is 27.7. The topological polar surface area (TPSA) is 221 Å². The molecule has 16 heteroatoms. The van der Waals surface area contributed by atoms with E-state index in [9.17, 15) is 18.4 Å². The monoisotopic (exact) mass is 752 g/mol. The maximum absolute atomic E-state index is 13.8. The van der Waals surface area contributed by atoms with Gasteiger partial charge < -0.3 is 11.5 Å². The number of ketones is 2. The molecule has 14 nitrogen and oxygen atoms in total. The molecule has 0 aliphatic carbocycles. The maximum atomic E-state index is 13.8. The molecule has 0 aliphatic rings. The third-order valence-corrected chi connectivity index (χ3v) is 8.88. The van der Waals surface area contributed by atoms with Crippen molar-refractivity contribution in [1.82, 2.24) is 50.8 Å².